The fraction of sp³-hybridized carbons (Fsp3) is 0.267. The molecule has 0 saturated carbocycles. The van der Waals surface area contributed by atoms with Gasteiger partial charge in [0.2, 0.25) is 5.89 Å². The number of aryl methyl sites for hydroxylation is 1. The van der Waals surface area contributed by atoms with Crippen LogP contribution in [0.5, 0.6) is 5.75 Å². The van der Waals surface area contributed by atoms with Crippen molar-refractivity contribution in [3.63, 3.8) is 0 Å². The molecule has 1 heterocycles. The molecule has 0 fully saturated rings. The second-order valence-electron chi connectivity index (χ2n) is 4.98. The second kappa shape index (κ2) is 8.52. The molecule has 0 atom stereocenters. The highest BCUT2D eigenvalue weighted by molar-refractivity contribution is 14.1. The predicted octanol–water partition coefficient (Wildman–Crippen LogP) is 4.59. The molecular formula is C15H14I2N2O4S. The lowest BCUT2D eigenvalue weighted by Gasteiger charge is -2.14. The molecule has 0 saturated heterocycles. The minimum absolute atomic E-state index is 0.0688. The van der Waals surface area contributed by atoms with Crippen LogP contribution in [-0.2, 0) is 4.79 Å². The van der Waals surface area contributed by atoms with Gasteiger partial charge in [-0.2, -0.15) is 0 Å². The summed E-state index contributed by atoms with van der Waals surface area (Å²) < 4.78 is 12.9. The number of aliphatic carboxylic acids is 1. The number of hydrogen-bond donors (Lipinski definition) is 1. The third-order valence-corrected chi connectivity index (χ3v) is 5.04. The average molecular weight is 572 g/mol. The first kappa shape index (κ1) is 19.5. The van der Waals surface area contributed by atoms with E-state index in [1.165, 1.54) is 0 Å². The van der Waals surface area contributed by atoms with E-state index in [2.05, 4.69) is 55.4 Å². The number of carboxylic acid groups (broad SMARTS) is 1. The molecule has 2 rings (SSSR count). The topological polar surface area (TPSA) is 85.5 Å². The fourth-order valence-corrected chi connectivity index (χ4v) is 4.50. The van der Waals surface area contributed by atoms with Crippen molar-refractivity contribution in [1.82, 2.24) is 10.2 Å². The number of carboxylic acids is 1. The van der Waals surface area contributed by atoms with Crippen molar-refractivity contribution in [1.29, 1.82) is 0 Å². The van der Waals surface area contributed by atoms with Crippen LogP contribution in [0, 0.1) is 14.1 Å². The third-order valence-electron chi connectivity index (χ3n) is 2.59. The number of benzene rings is 1. The van der Waals surface area contributed by atoms with E-state index in [0.717, 1.165) is 30.2 Å². The number of halogens is 2. The molecule has 0 spiro atoms. The first-order valence-corrected chi connectivity index (χ1v) is 9.82. The lowest BCUT2D eigenvalue weighted by atomic mass is 10.2. The summed E-state index contributed by atoms with van der Waals surface area (Å²) in [7, 11) is 0. The Morgan fingerprint density at radius 1 is 1.33 bits per heavy atom. The SMILES string of the molecule is Cc1nnc(S/C(=C\c2cc(I)c(OC(C)C)c(I)c2)C(=O)O)o1. The van der Waals surface area contributed by atoms with Gasteiger partial charge in [-0.3, -0.25) is 0 Å². The maximum absolute atomic E-state index is 11.5. The summed E-state index contributed by atoms with van der Waals surface area (Å²) in [4.78, 5) is 11.6. The molecule has 0 amide bonds. The number of aromatic nitrogens is 2. The van der Waals surface area contributed by atoms with Crippen LogP contribution in [0.3, 0.4) is 0 Å². The Balaban J connectivity index is 2.33. The lowest BCUT2D eigenvalue weighted by molar-refractivity contribution is -0.131. The van der Waals surface area contributed by atoms with E-state index in [0.29, 0.717) is 5.89 Å². The maximum Gasteiger partial charge on any atom is 0.342 e. The Hall–Kier alpha value is -0.820. The van der Waals surface area contributed by atoms with Crippen molar-refractivity contribution in [3.8, 4) is 5.75 Å². The molecular weight excluding hydrogens is 558 g/mol. The molecule has 2 aromatic rings. The summed E-state index contributed by atoms with van der Waals surface area (Å²) in [5.41, 5.74) is 0.765. The maximum atomic E-state index is 11.5. The van der Waals surface area contributed by atoms with Gasteiger partial charge in [-0.15, -0.1) is 10.2 Å². The number of ether oxygens (including phenoxy) is 1. The predicted molar refractivity (Wildman–Crippen MR) is 108 cm³/mol. The van der Waals surface area contributed by atoms with Gasteiger partial charge in [0.1, 0.15) is 10.7 Å². The zero-order chi connectivity index (χ0) is 17.9. The zero-order valence-electron chi connectivity index (χ0n) is 13.0. The summed E-state index contributed by atoms with van der Waals surface area (Å²) >= 11 is 5.29. The van der Waals surface area contributed by atoms with Gasteiger partial charge in [-0.25, -0.2) is 4.79 Å². The largest absolute Gasteiger partial charge is 0.489 e. The molecule has 1 N–H and O–H groups in total. The Morgan fingerprint density at radius 2 is 1.96 bits per heavy atom. The van der Waals surface area contributed by atoms with Crippen LogP contribution in [0.4, 0.5) is 0 Å². The number of hydrogen-bond acceptors (Lipinski definition) is 6. The van der Waals surface area contributed by atoms with Crippen molar-refractivity contribution in [2.45, 2.75) is 32.1 Å². The van der Waals surface area contributed by atoms with Gasteiger partial charge in [0.25, 0.3) is 5.22 Å². The van der Waals surface area contributed by atoms with Crippen molar-refractivity contribution in [2.24, 2.45) is 0 Å². The van der Waals surface area contributed by atoms with Gasteiger partial charge in [-0.05, 0) is 94.6 Å². The summed E-state index contributed by atoms with van der Waals surface area (Å²) in [6.07, 6.45) is 1.65. The van der Waals surface area contributed by atoms with Crippen LogP contribution >= 0.6 is 56.9 Å². The number of thioether (sulfide) groups is 1. The Morgan fingerprint density at radius 3 is 2.42 bits per heavy atom. The Labute approximate surface area is 170 Å². The number of carbonyl (C=O) groups is 1. The van der Waals surface area contributed by atoms with Crippen LogP contribution in [-0.4, -0.2) is 27.4 Å². The molecule has 0 aliphatic heterocycles. The molecule has 6 nitrogen and oxygen atoms in total. The van der Waals surface area contributed by atoms with Crippen molar-refractivity contribution in [3.05, 3.63) is 35.6 Å². The highest BCUT2D eigenvalue weighted by atomic mass is 127. The third kappa shape index (κ3) is 5.34. The lowest BCUT2D eigenvalue weighted by Crippen LogP contribution is -2.08. The highest BCUT2D eigenvalue weighted by Gasteiger charge is 2.16. The van der Waals surface area contributed by atoms with Gasteiger partial charge >= 0.3 is 5.97 Å². The van der Waals surface area contributed by atoms with Gasteiger partial charge in [0.05, 0.1) is 13.2 Å². The van der Waals surface area contributed by atoms with E-state index in [1.54, 1.807) is 13.0 Å². The second-order valence-corrected chi connectivity index (χ2v) is 8.30. The van der Waals surface area contributed by atoms with Crippen molar-refractivity contribution in [2.75, 3.05) is 0 Å². The monoisotopic (exact) mass is 572 g/mol. The van der Waals surface area contributed by atoms with E-state index in [1.807, 2.05) is 26.0 Å². The highest BCUT2D eigenvalue weighted by Crippen LogP contribution is 2.32. The Kier molecular flexibility index (Phi) is 6.92. The van der Waals surface area contributed by atoms with Crippen LogP contribution in [0.25, 0.3) is 6.08 Å². The smallest absolute Gasteiger partial charge is 0.342 e. The number of nitrogens with zero attached hydrogens (tertiary/aromatic N) is 2. The standard InChI is InChI=1S/C15H14I2N2O4S/c1-7(2)22-13-10(16)4-9(5-11(13)17)6-12(14(20)21)24-15-19-18-8(3)23-15/h4-7H,1-3H3,(H,20,21)/b12-6-. The van der Waals surface area contributed by atoms with Crippen molar-refractivity contribution < 1.29 is 19.1 Å². The molecule has 24 heavy (non-hydrogen) atoms. The summed E-state index contributed by atoms with van der Waals surface area (Å²) in [5.74, 6) is 0.144. The summed E-state index contributed by atoms with van der Waals surface area (Å²) in [6, 6.07) is 3.76. The molecule has 128 valence electrons. The fourth-order valence-electron chi connectivity index (χ4n) is 1.71. The van der Waals surface area contributed by atoms with Crippen molar-refractivity contribution >= 4 is 69.0 Å². The first-order valence-electron chi connectivity index (χ1n) is 6.85. The van der Waals surface area contributed by atoms with E-state index < -0.39 is 5.97 Å². The van der Waals surface area contributed by atoms with Crippen LogP contribution in [0.15, 0.2) is 26.7 Å². The molecule has 1 aromatic carbocycles. The summed E-state index contributed by atoms with van der Waals surface area (Å²) in [6.45, 7) is 5.58. The first-order chi connectivity index (χ1) is 11.3. The summed E-state index contributed by atoms with van der Waals surface area (Å²) in [5, 5.41) is 17.1. The Bertz CT molecular complexity index is 767. The average Bonchev–Trinajstić information content (AvgIpc) is 2.87. The molecule has 9 heteroatoms. The van der Waals surface area contributed by atoms with Crippen LogP contribution in [0.1, 0.15) is 25.3 Å². The molecule has 0 aliphatic rings. The van der Waals surface area contributed by atoms with Crippen LogP contribution < -0.4 is 4.74 Å². The molecule has 0 radical (unpaired) electrons. The number of rotatable bonds is 6. The van der Waals surface area contributed by atoms with Gasteiger partial charge in [0.15, 0.2) is 0 Å². The van der Waals surface area contributed by atoms with E-state index in [9.17, 15) is 9.90 Å². The molecule has 0 unspecified atom stereocenters. The molecule has 0 bridgehead atoms. The molecule has 1 aromatic heterocycles. The van der Waals surface area contributed by atoms with E-state index in [4.69, 9.17) is 9.15 Å². The molecule has 0 aliphatic carbocycles. The van der Waals surface area contributed by atoms with E-state index in [-0.39, 0.29) is 16.2 Å². The quantitative estimate of drug-likeness (QED) is 0.308. The van der Waals surface area contributed by atoms with Gasteiger partial charge in [-0.1, -0.05) is 0 Å². The van der Waals surface area contributed by atoms with Crippen LogP contribution in [0.2, 0.25) is 0 Å². The minimum atomic E-state index is -1.05. The normalized spacial score (nSPS) is 11.8. The van der Waals surface area contributed by atoms with E-state index >= 15 is 0 Å². The zero-order valence-corrected chi connectivity index (χ0v) is 18.2. The minimum Gasteiger partial charge on any atom is -0.489 e. The van der Waals surface area contributed by atoms with Gasteiger partial charge in [0, 0.05) is 6.92 Å². The van der Waals surface area contributed by atoms with Gasteiger partial charge < -0.3 is 14.3 Å².